The average molecular weight is 312 g/mol. The fourth-order valence-electron chi connectivity index (χ4n) is 3.04. The van der Waals surface area contributed by atoms with Crippen molar-refractivity contribution < 1.29 is 13.5 Å². The third-order valence-corrected chi connectivity index (χ3v) is 3.88. The van der Waals surface area contributed by atoms with Crippen LogP contribution in [0.25, 0.3) is 0 Å². The van der Waals surface area contributed by atoms with E-state index in [1.165, 1.54) is 6.42 Å². The lowest BCUT2D eigenvalue weighted by Gasteiger charge is -2.27. The molecule has 1 aromatic rings. The third kappa shape index (κ3) is 5.54. The summed E-state index contributed by atoms with van der Waals surface area (Å²) in [5.41, 5.74) is 0.828. The number of hydrogen-bond acceptors (Lipinski definition) is 3. The first-order valence-electron chi connectivity index (χ1n) is 8.00. The monoisotopic (exact) mass is 312 g/mol. The minimum absolute atomic E-state index is 0.288. The van der Waals surface area contributed by atoms with Gasteiger partial charge in [0.2, 0.25) is 0 Å². The van der Waals surface area contributed by atoms with Gasteiger partial charge in [0.05, 0.1) is 0 Å². The molecule has 0 radical (unpaired) electrons. The highest BCUT2D eigenvalue weighted by Gasteiger charge is 2.20. The van der Waals surface area contributed by atoms with Crippen molar-refractivity contribution in [2.24, 2.45) is 11.8 Å². The van der Waals surface area contributed by atoms with Crippen LogP contribution in [0.3, 0.4) is 0 Å². The van der Waals surface area contributed by atoms with Crippen LogP contribution in [0.1, 0.15) is 25.8 Å². The number of nitrogens with zero attached hydrogens (tertiary/aromatic N) is 1. The molecule has 0 spiro atoms. The molecule has 2 rings (SSSR count). The van der Waals surface area contributed by atoms with Gasteiger partial charge in [0, 0.05) is 25.2 Å². The predicted molar refractivity (Wildman–Crippen MR) is 84.2 cm³/mol. The highest BCUT2D eigenvalue weighted by molar-refractivity contribution is 5.33. The number of ether oxygens (including phenoxy) is 1. The maximum Gasteiger partial charge on any atom is 0.387 e. The van der Waals surface area contributed by atoms with Crippen molar-refractivity contribution in [2.45, 2.75) is 33.4 Å². The van der Waals surface area contributed by atoms with Gasteiger partial charge in [0.25, 0.3) is 0 Å². The first-order chi connectivity index (χ1) is 10.5. The standard InChI is InChI=1S/C17H26F2N2O/c1-13(2)10-21(11-14-7-8-20-9-14)12-15-5-3-4-6-16(15)22-17(18)19/h3-6,13-14,17,20H,7-12H2,1-2H3/t14-/m0/s1. The second-order valence-corrected chi connectivity index (χ2v) is 6.43. The molecular weight excluding hydrogens is 286 g/mol. The van der Waals surface area contributed by atoms with E-state index in [1.807, 2.05) is 12.1 Å². The van der Waals surface area contributed by atoms with Crippen LogP contribution in [-0.2, 0) is 6.54 Å². The fourth-order valence-corrected chi connectivity index (χ4v) is 3.04. The van der Waals surface area contributed by atoms with Gasteiger partial charge in [-0.15, -0.1) is 0 Å². The lowest BCUT2D eigenvalue weighted by atomic mass is 10.1. The number of rotatable bonds is 8. The van der Waals surface area contributed by atoms with Gasteiger partial charge in [-0.25, -0.2) is 0 Å². The summed E-state index contributed by atoms with van der Waals surface area (Å²) in [7, 11) is 0. The molecule has 124 valence electrons. The van der Waals surface area contributed by atoms with Gasteiger partial charge in [-0.3, -0.25) is 4.90 Å². The summed E-state index contributed by atoms with van der Waals surface area (Å²) in [4.78, 5) is 2.36. The van der Waals surface area contributed by atoms with Crippen molar-refractivity contribution in [3.05, 3.63) is 29.8 Å². The molecule has 5 heteroatoms. The maximum absolute atomic E-state index is 12.5. The Hall–Kier alpha value is -1.20. The Labute approximate surface area is 131 Å². The third-order valence-electron chi connectivity index (χ3n) is 3.88. The summed E-state index contributed by atoms with van der Waals surface area (Å²) in [5.74, 6) is 1.47. The lowest BCUT2D eigenvalue weighted by molar-refractivity contribution is -0.0508. The number of hydrogen-bond donors (Lipinski definition) is 1. The number of alkyl halides is 2. The van der Waals surface area contributed by atoms with Gasteiger partial charge in [0.1, 0.15) is 5.75 Å². The van der Waals surface area contributed by atoms with Gasteiger partial charge in [-0.1, -0.05) is 32.0 Å². The van der Waals surface area contributed by atoms with Crippen molar-refractivity contribution in [2.75, 3.05) is 26.2 Å². The average Bonchev–Trinajstić information content (AvgIpc) is 2.92. The van der Waals surface area contributed by atoms with Crippen LogP contribution >= 0.6 is 0 Å². The van der Waals surface area contributed by atoms with Crippen LogP contribution in [-0.4, -0.2) is 37.7 Å². The van der Waals surface area contributed by atoms with E-state index in [4.69, 9.17) is 0 Å². The Kier molecular flexibility index (Phi) is 6.58. The van der Waals surface area contributed by atoms with Crippen molar-refractivity contribution in [3.63, 3.8) is 0 Å². The smallest absolute Gasteiger partial charge is 0.387 e. The van der Waals surface area contributed by atoms with Crippen LogP contribution in [0.4, 0.5) is 8.78 Å². The van der Waals surface area contributed by atoms with E-state index in [-0.39, 0.29) is 5.75 Å². The Morgan fingerprint density at radius 1 is 1.32 bits per heavy atom. The number of nitrogens with one attached hydrogen (secondary N) is 1. The van der Waals surface area contributed by atoms with Crippen LogP contribution < -0.4 is 10.1 Å². The minimum Gasteiger partial charge on any atom is -0.434 e. The van der Waals surface area contributed by atoms with Crippen molar-refractivity contribution in [1.82, 2.24) is 10.2 Å². The van der Waals surface area contributed by atoms with Crippen LogP contribution in [0.2, 0.25) is 0 Å². The first-order valence-corrected chi connectivity index (χ1v) is 8.00. The summed E-state index contributed by atoms with van der Waals surface area (Å²) >= 11 is 0. The van der Waals surface area contributed by atoms with Gasteiger partial charge >= 0.3 is 6.61 Å². The first kappa shape index (κ1) is 17.2. The maximum atomic E-state index is 12.5. The number of benzene rings is 1. The highest BCUT2D eigenvalue weighted by atomic mass is 19.3. The normalized spacial score (nSPS) is 18.6. The largest absolute Gasteiger partial charge is 0.434 e. The molecule has 0 unspecified atom stereocenters. The van der Waals surface area contributed by atoms with Crippen LogP contribution in [0.15, 0.2) is 24.3 Å². The summed E-state index contributed by atoms with van der Waals surface area (Å²) in [5, 5.41) is 3.38. The van der Waals surface area contributed by atoms with Crippen LogP contribution in [0, 0.1) is 11.8 Å². The number of halogens is 2. The molecule has 1 fully saturated rings. The Balaban J connectivity index is 2.05. The summed E-state index contributed by atoms with van der Waals surface area (Å²) in [6.07, 6.45) is 1.18. The van der Waals surface area contributed by atoms with E-state index in [0.717, 1.165) is 31.7 Å². The van der Waals surface area contributed by atoms with Gasteiger partial charge < -0.3 is 10.1 Å². The molecular formula is C17H26F2N2O. The molecule has 1 N–H and O–H groups in total. The second kappa shape index (κ2) is 8.44. The van der Waals surface area contributed by atoms with Gasteiger partial charge in [0.15, 0.2) is 0 Å². The zero-order valence-electron chi connectivity index (χ0n) is 13.4. The predicted octanol–water partition coefficient (Wildman–Crippen LogP) is 3.36. The summed E-state index contributed by atoms with van der Waals surface area (Å²) in [6, 6.07) is 7.09. The van der Waals surface area contributed by atoms with Crippen LogP contribution in [0.5, 0.6) is 5.75 Å². The van der Waals surface area contributed by atoms with Crippen molar-refractivity contribution >= 4 is 0 Å². The zero-order chi connectivity index (χ0) is 15.9. The quantitative estimate of drug-likeness (QED) is 0.796. The Bertz CT molecular complexity index is 448. The molecule has 1 heterocycles. The van der Waals surface area contributed by atoms with E-state index in [0.29, 0.717) is 18.4 Å². The fraction of sp³-hybridized carbons (Fsp3) is 0.647. The number of para-hydroxylation sites is 1. The summed E-state index contributed by atoms with van der Waals surface area (Å²) < 4.78 is 29.7. The summed E-state index contributed by atoms with van der Waals surface area (Å²) in [6.45, 7) is 6.31. The Morgan fingerprint density at radius 2 is 2.09 bits per heavy atom. The molecule has 0 bridgehead atoms. The van der Waals surface area contributed by atoms with E-state index in [9.17, 15) is 8.78 Å². The van der Waals surface area contributed by atoms with E-state index >= 15 is 0 Å². The highest BCUT2D eigenvalue weighted by Crippen LogP contribution is 2.23. The molecule has 1 atom stereocenters. The Morgan fingerprint density at radius 3 is 2.73 bits per heavy atom. The SMILES string of the molecule is CC(C)CN(Cc1ccccc1OC(F)F)C[C@H]1CCNC1. The molecule has 22 heavy (non-hydrogen) atoms. The van der Waals surface area contributed by atoms with Crippen molar-refractivity contribution in [3.8, 4) is 5.75 Å². The van der Waals surface area contributed by atoms with E-state index in [1.54, 1.807) is 12.1 Å². The minimum atomic E-state index is -2.78. The van der Waals surface area contributed by atoms with Crippen molar-refractivity contribution in [1.29, 1.82) is 0 Å². The molecule has 1 aliphatic heterocycles. The molecule has 1 saturated heterocycles. The molecule has 0 amide bonds. The topological polar surface area (TPSA) is 24.5 Å². The van der Waals surface area contributed by atoms with E-state index < -0.39 is 6.61 Å². The molecule has 0 aliphatic carbocycles. The molecule has 0 aromatic heterocycles. The molecule has 1 aromatic carbocycles. The van der Waals surface area contributed by atoms with Gasteiger partial charge in [-0.2, -0.15) is 8.78 Å². The van der Waals surface area contributed by atoms with E-state index in [2.05, 4.69) is 28.8 Å². The molecule has 1 aliphatic rings. The second-order valence-electron chi connectivity index (χ2n) is 6.43. The van der Waals surface area contributed by atoms with Gasteiger partial charge in [-0.05, 0) is 37.4 Å². The molecule has 3 nitrogen and oxygen atoms in total. The lowest BCUT2D eigenvalue weighted by Crippen LogP contribution is -2.33. The molecule has 0 saturated carbocycles. The zero-order valence-corrected chi connectivity index (χ0v) is 13.4.